The molecule has 0 atom stereocenters. The van der Waals surface area contributed by atoms with E-state index in [4.69, 9.17) is 0 Å². The van der Waals surface area contributed by atoms with E-state index in [0.717, 1.165) is 24.8 Å². The summed E-state index contributed by atoms with van der Waals surface area (Å²) in [6, 6.07) is 7.09. The van der Waals surface area contributed by atoms with E-state index in [0.29, 0.717) is 12.2 Å². The number of carbonyl (C=O) groups is 1. The van der Waals surface area contributed by atoms with Crippen LogP contribution in [0.15, 0.2) is 36.9 Å². The van der Waals surface area contributed by atoms with Crippen LogP contribution in [0.4, 0.5) is 5.69 Å². The van der Waals surface area contributed by atoms with Gasteiger partial charge in [0, 0.05) is 12.2 Å². The van der Waals surface area contributed by atoms with E-state index >= 15 is 0 Å². The minimum atomic E-state index is -3.28. The molecule has 0 saturated heterocycles. The van der Waals surface area contributed by atoms with Crippen molar-refractivity contribution in [1.82, 2.24) is 5.32 Å². The Hall–Kier alpha value is -1.82. The Balaban J connectivity index is 2.17. The van der Waals surface area contributed by atoms with Crippen molar-refractivity contribution in [2.24, 2.45) is 0 Å². The Morgan fingerprint density at radius 1 is 1.32 bits per heavy atom. The molecular weight excluding hydrogens is 300 g/mol. The zero-order valence-corrected chi connectivity index (χ0v) is 13.6. The standard InChI is InChI=1S/C16H22N2O3S/c1-3-12-17-15(19)16(10-5-11-16)13-6-8-14(9-7-13)18-22(20,21)4-2/h3,6-9,18H,1,4-5,10-12H2,2H3,(H,17,19). The predicted molar refractivity (Wildman–Crippen MR) is 88.3 cm³/mol. The minimum absolute atomic E-state index is 0.0144. The normalized spacial score (nSPS) is 16.4. The summed E-state index contributed by atoms with van der Waals surface area (Å²) in [5.74, 6) is 0.0448. The number of benzene rings is 1. The van der Waals surface area contributed by atoms with E-state index in [1.54, 1.807) is 25.1 Å². The highest BCUT2D eigenvalue weighted by atomic mass is 32.2. The lowest BCUT2D eigenvalue weighted by Gasteiger charge is -2.40. The molecule has 2 N–H and O–H groups in total. The lowest BCUT2D eigenvalue weighted by atomic mass is 9.64. The summed E-state index contributed by atoms with van der Waals surface area (Å²) < 4.78 is 25.6. The molecule has 0 aliphatic heterocycles. The number of rotatable bonds is 7. The highest BCUT2D eigenvalue weighted by Gasteiger charge is 2.45. The molecular formula is C16H22N2O3S. The van der Waals surface area contributed by atoms with Gasteiger partial charge in [-0.15, -0.1) is 6.58 Å². The van der Waals surface area contributed by atoms with Gasteiger partial charge in [-0.25, -0.2) is 8.42 Å². The van der Waals surface area contributed by atoms with Gasteiger partial charge in [-0.3, -0.25) is 9.52 Å². The third-order valence-corrected chi connectivity index (χ3v) is 5.45. The number of nitrogens with one attached hydrogen (secondary N) is 2. The minimum Gasteiger partial charge on any atom is -0.352 e. The van der Waals surface area contributed by atoms with E-state index in [1.807, 2.05) is 12.1 Å². The van der Waals surface area contributed by atoms with Crippen LogP contribution in [-0.4, -0.2) is 26.6 Å². The van der Waals surface area contributed by atoms with Crippen LogP contribution < -0.4 is 10.0 Å². The highest BCUT2D eigenvalue weighted by Crippen LogP contribution is 2.44. The van der Waals surface area contributed by atoms with Crippen LogP contribution in [-0.2, 0) is 20.2 Å². The summed E-state index contributed by atoms with van der Waals surface area (Å²) in [4.78, 5) is 12.4. The third kappa shape index (κ3) is 3.32. The van der Waals surface area contributed by atoms with Gasteiger partial charge >= 0.3 is 0 Å². The molecule has 1 saturated carbocycles. The van der Waals surface area contributed by atoms with Crippen LogP contribution in [0.25, 0.3) is 0 Å². The van der Waals surface area contributed by atoms with Gasteiger partial charge in [0.25, 0.3) is 0 Å². The van der Waals surface area contributed by atoms with Crippen molar-refractivity contribution in [3.05, 3.63) is 42.5 Å². The lowest BCUT2D eigenvalue weighted by molar-refractivity contribution is -0.129. The number of anilines is 1. The van der Waals surface area contributed by atoms with Gasteiger partial charge in [-0.2, -0.15) is 0 Å². The van der Waals surface area contributed by atoms with Crippen molar-refractivity contribution < 1.29 is 13.2 Å². The van der Waals surface area contributed by atoms with E-state index < -0.39 is 15.4 Å². The van der Waals surface area contributed by atoms with Crippen LogP contribution in [0, 0.1) is 0 Å². The van der Waals surface area contributed by atoms with Crippen molar-refractivity contribution in [3.8, 4) is 0 Å². The number of hydrogen-bond acceptors (Lipinski definition) is 3. The molecule has 0 unspecified atom stereocenters. The third-order valence-electron chi connectivity index (χ3n) is 4.14. The average Bonchev–Trinajstić information content (AvgIpc) is 2.45. The Kier molecular flexibility index (Phi) is 4.90. The summed E-state index contributed by atoms with van der Waals surface area (Å²) >= 11 is 0. The molecule has 6 heteroatoms. The summed E-state index contributed by atoms with van der Waals surface area (Å²) in [6.45, 7) is 5.65. The molecule has 1 fully saturated rings. The van der Waals surface area contributed by atoms with Crippen LogP contribution in [0.5, 0.6) is 0 Å². The number of sulfonamides is 1. The summed E-state index contributed by atoms with van der Waals surface area (Å²) in [5, 5.41) is 2.87. The van der Waals surface area contributed by atoms with Crippen LogP contribution in [0.3, 0.4) is 0 Å². The largest absolute Gasteiger partial charge is 0.352 e. The second kappa shape index (κ2) is 6.52. The maximum absolute atomic E-state index is 12.4. The van der Waals surface area contributed by atoms with E-state index in [9.17, 15) is 13.2 Å². The predicted octanol–water partition coefficient (Wildman–Crippen LogP) is 2.17. The molecule has 1 aromatic carbocycles. The SMILES string of the molecule is C=CCNC(=O)C1(c2ccc(NS(=O)(=O)CC)cc2)CCC1. The molecule has 1 amide bonds. The van der Waals surface area contributed by atoms with Gasteiger partial charge in [0.1, 0.15) is 0 Å². The summed E-state index contributed by atoms with van der Waals surface area (Å²) in [5.41, 5.74) is 0.969. The molecule has 0 bridgehead atoms. The van der Waals surface area contributed by atoms with Crippen LogP contribution in [0.1, 0.15) is 31.7 Å². The Bertz CT molecular complexity index is 646. The first-order valence-corrected chi connectivity index (χ1v) is 9.09. The van der Waals surface area contributed by atoms with Gasteiger partial charge in [0.15, 0.2) is 0 Å². The Labute approximate surface area is 131 Å². The first kappa shape index (κ1) is 16.5. The monoisotopic (exact) mass is 322 g/mol. The zero-order chi connectivity index (χ0) is 16.2. The highest BCUT2D eigenvalue weighted by molar-refractivity contribution is 7.92. The fourth-order valence-electron chi connectivity index (χ4n) is 2.62. The molecule has 0 heterocycles. The average molecular weight is 322 g/mol. The fraction of sp³-hybridized carbons (Fsp3) is 0.438. The van der Waals surface area contributed by atoms with Gasteiger partial charge in [0.05, 0.1) is 11.2 Å². The number of hydrogen-bond donors (Lipinski definition) is 2. The van der Waals surface area contributed by atoms with E-state index in [-0.39, 0.29) is 11.7 Å². The smallest absolute Gasteiger partial charge is 0.232 e. The molecule has 5 nitrogen and oxygen atoms in total. The second-order valence-corrected chi connectivity index (χ2v) is 7.53. The van der Waals surface area contributed by atoms with Crippen LogP contribution in [0.2, 0.25) is 0 Å². The molecule has 0 radical (unpaired) electrons. The van der Waals surface area contributed by atoms with Gasteiger partial charge in [-0.05, 0) is 37.5 Å². The summed E-state index contributed by atoms with van der Waals surface area (Å²) in [6.07, 6.45) is 4.31. The molecule has 1 aliphatic carbocycles. The molecule has 1 aliphatic rings. The fourth-order valence-corrected chi connectivity index (χ4v) is 3.26. The van der Waals surface area contributed by atoms with Crippen molar-refractivity contribution in [3.63, 3.8) is 0 Å². The zero-order valence-electron chi connectivity index (χ0n) is 12.8. The first-order chi connectivity index (χ1) is 10.4. The van der Waals surface area contributed by atoms with Crippen molar-refractivity contribution >= 4 is 21.6 Å². The maximum Gasteiger partial charge on any atom is 0.232 e. The van der Waals surface area contributed by atoms with Crippen molar-refractivity contribution in [2.75, 3.05) is 17.0 Å². The van der Waals surface area contributed by atoms with Gasteiger partial charge in [0.2, 0.25) is 15.9 Å². The van der Waals surface area contributed by atoms with Crippen molar-refractivity contribution in [2.45, 2.75) is 31.6 Å². The molecule has 0 spiro atoms. The quantitative estimate of drug-likeness (QED) is 0.756. The second-order valence-electron chi connectivity index (χ2n) is 5.52. The molecule has 22 heavy (non-hydrogen) atoms. The molecule has 120 valence electrons. The number of carbonyl (C=O) groups excluding carboxylic acids is 1. The number of amides is 1. The molecule has 1 aromatic rings. The van der Waals surface area contributed by atoms with Crippen LogP contribution >= 0.6 is 0 Å². The first-order valence-electron chi connectivity index (χ1n) is 7.44. The Morgan fingerprint density at radius 2 is 1.95 bits per heavy atom. The lowest BCUT2D eigenvalue weighted by Crippen LogP contribution is -2.49. The van der Waals surface area contributed by atoms with E-state index in [1.165, 1.54) is 0 Å². The molecule has 2 rings (SSSR count). The van der Waals surface area contributed by atoms with Crippen molar-refractivity contribution in [1.29, 1.82) is 0 Å². The topological polar surface area (TPSA) is 75.3 Å². The summed E-state index contributed by atoms with van der Waals surface area (Å²) in [7, 11) is -3.28. The molecule has 0 aromatic heterocycles. The van der Waals surface area contributed by atoms with E-state index in [2.05, 4.69) is 16.6 Å². The van der Waals surface area contributed by atoms with Gasteiger partial charge in [-0.1, -0.05) is 24.6 Å². The Morgan fingerprint density at radius 3 is 2.41 bits per heavy atom. The van der Waals surface area contributed by atoms with Gasteiger partial charge < -0.3 is 5.32 Å². The maximum atomic E-state index is 12.4.